The highest BCUT2D eigenvalue weighted by molar-refractivity contribution is 7.99. The van der Waals surface area contributed by atoms with E-state index in [1.807, 2.05) is 26.0 Å². The van der Waals surface area contributed by atoms with E-state index in [0.29, 0.717) is 16.9 Å². The number of carbonyl (C=O) groups excluding carboxylic acids is 1. The van der Waals surface area contributed by atoms with Crippen molar-refractivity contribution in [2.45, 2.75) is 26.0 Å². The minimum atomic E-state index is -0.296. The molecule has 0 unspecified atom stereocenters. The average molecular weight is 345 g/mol. The summed E-state index contributed by atoms with van der Waals surface area (Å²) in [6, 6.07) is 6.08. The van der Waals surface area contributed by atoms with E-state index in [0.717, 1.165) is 28.5 Å². The summed E-state index contributed by atoms with van der Waals surface area (Å²) in [5.74, 6) is 0.676. The van der Waals surface area contributed by atoms with Gasteiger partial charge in [0.2, 0.25) is 11.8 Å². The lowest BCUT2D eigenvalue weighted by molar-refractivity contribution is -0.114. The van der Waals surface area contributed by atoms with E-state index < -0.39 is 0 Å². The molecule has 2 aromatic heterocycles. The van der Waals surface area contributed by atoms with Crippen LogP contribution < -0.4 is 5.32 Å². The molecule has 0 saturated heterocycles. The molecular weight excluding hydrogens is 330 g/mol. The third kappa shape index (κ3) is 3.99. The van der Waals surface area contributed by atoms with Crippen LogP contribution in [0.15, 0.2) is 32.4 Å². The molecule has 0 atom stereocenters. The zero-order valence-corrected chi connectivity index (χ0v) is 14.2. The van der Waals surface area contributed by atoms with Crippen molar-refractivity contribution in [1.29, 1.82) is 0 Å². The summed E-state index contributed by atoms with van der Waals surface area (Å²) in [7, 11) is 0. The Bertz CT molecular complexity index is 853. The van der Waals surface area contributed by atoms with Gasteiger partial charge in [0.15, 0.2) is 5.82 Å². The summed E-state index contributed by atoms with van der Waals surface area (Å²) in [5.41, 5.74) is 3.09. The molecule has 2 heterocycles. The number of hydrogen-bond donors (Lipinski definition) is 1. The fourth-order valence-electron chi connectivity index (χ4n) is 2.11. The van der Waals surface area contributed by atoms with Gasteiger partial charge in [0.05, 0.1) is 5.75 Å². The number of aromatic nitrogens is 4. The molecule has 9 heteroatoms. The molecule has 0 radical (unpaired) electrons. The van der Waals surface area contributed by atoms with E-state index in [9.17, 15) is 4.79 Å². The average Bonchev–Trinajstić information content (AvgIpc) is 3.13. The molecule has 0 aliphatic heterocycles. The number of thioether (sulfide) groups is 1. The number of amides is 1. The third-order valence-corrected chi connectivity index (χ3v) is 3.79. The van der Waals surface area contributed by atoms with Crippen LogP contribution >= 0.6 is 11.8 Å². The van der Waals surface area contributed by atoms with Gasteiger partial charge in [0, 0.05) is 5.56 Å². The number of hydrogen-bond acceptors (Lipinski definition) is 8. The topological polar surface area (TPSA) is 107 Å². The second kappa shape index (κ2) is 6.83. The summed E-state index contributed by atoms with van der Waals surface area (Å²) >= 11 is 1.14. The SMILES string of the molecule is Cc1cc(C)cc(-c2nnc(SCC(=O)Nc3nc(C)no3)o2)c1. The highest BCUT2D eigenvalue weighted by atomic mass is 32.2. The molecule has 1 amide bonds. The summed E-state index contributed by atoms with van der Waals surface area (Å²) in [6.07, 6.45) is 0. The van der Waals surface area contributed by atoms with Gasteiger partial charge in [-0.05, 0) is 32.9 Å². The maximum Gasteiger partial charge on any atom is 0.328 e. The highest BCUT2D eigenvalue weighted by Crippen LogP contribution is 2.24. The molecule has 1 aromatic carbocycles. The van der Waals surface area contributed by atoms with Crippen LogP contribution in [0.25, 0.3) is 11.5 Å². The lowest BCUT2D eigenvalue weighted by Gasteiger charge is -2.00. The molecule has 0 aliphatic carbocycles. The van der Waals surface area contributed by atoms with Gasteiger partial charge < -0.3 is 8.94 Å². The molecule has 24 heavy (non-hydrogen) atoms. The highest BCUT2D eigenvalue weighted by Gasteiger charge is 2.13. The Morgan fingerprint density at radius 3 is 2.58 bits per heavy atom. The molecule has 8 nitrogen and oxygen atoms in total. The Morgan fingerprint density at radius 2 is 1.92 bits per heavy atom. The van der Waals surface area contributed by atoms with Crippen molar-refractivity contribution in [3.63, 3.8) is 0 Å². The van der Waals surface area contributed by atoms with Crippen LogP contribution in [0.1, 0.15) is 17.0 Å². The second-order valence-electron chi connectivity index (χ2n) is 5.23. The van der Waals surface area contributed by atoms with E-state index in [2.05, 4.69) is 31.7 Å². The van der Waals surface area contributed by atoms with Gasteiger partial charge in [-0.1, -0.05) is 34.1 Å². The van der Waals surface area contributed by atoms with Gasteiger partial charge in [-0.25, -0.2) is 0 Å². The fourth-order valence-corrected chi connectivity index (χ4v) is 2.68. The number of aryl methyl sites for hydroxylation is 3. The molecule has 0 bridgehead atoms. The maximum atomic E-state index is 11.8. The molecule has 3 rings (SSSR count). The van der Waals surface area contributed by atoms with E-state index >= 15 is 0 Å². The third-order valence-electron chi connectivity index (χ3n) is 2.98. The first-order valence-electron chi connectivity index (χ1n) is 7.15. The maximum absolute atomic E-state index is 11.8. The minimum absolute atomic E-state index is 0.0690. The lowest BCUT2D eigenvalue weighted by Crippen LogP contribution is -2.14. The minimum Gasteiger partial charge on any atom is -0.411 e. The van der Waals surface area contributed by atoms with E-state index in [1.54, 1.807) is 6.92 Å². The largest absolute Gasteiger partial charge is 0.411 e. The second-order valence-corrected chi connectivity index (χ2v) is 6.16. The molecule has 0 spiro atoms. The van der Waals surface area contributed by atoms with Crippen LogP contribution in [0.3, 0.4) is 0 Å². The Balaban J connectivity index is 1.60. The van der Waals surface area contributed by atoms with Gasteiger partial charge in [0.25, 0.3) is 5.22 Å². The summed E-state index contributed by atoms with van der Waals surface area (Å²) < 4.78 is 10.4. The van der Waals surface area contributed by atoms with Gasteiger partial charge in [-0.2, -0.15) is 4.98 Å². The Labute approximate surface area is 142 Å². The standard InChI is InChI=1S/C15H15N5O3S/c1-8-4-9(2)6-11(5-8)13-18-19-15(22-13)24-7-12(21)17-14-16-10(3)20-23-14/h4-6H,7H2,1-3H3,(H,16,17,20,21). The predicted molar refractivity (Wildman–Crippen MR) is 87.6 cm³/mol. The summed E-state index contributed by atoms with van der Waals surface area (Å²) in [4.78, 5) is 15.7. The molecule has 1 N–H and O–H groups in total. The number of nitrogens with zero attached hydrogens (tertiary/aromatic N) is 4. The van der Waals surface area contributed by atoms with E-state index in [-0.39, 0.29) is 17.7 Å². The molecule has 0 saturated carbocycles. The fraction of sp³-hybridized carbons (Fsp3) is 0.267. The van der Waals surface area contributed by atoms with Crippen molar-refractivity contribution in [2.75, 3.05) is 11.1 Å². The number of anilines is 1. The lowest BCUT2D eigenvalue weighted by atomic mass is 10.1. The first-order valence-corrected chi connectivity index (χ1v) is 8.13. The number of benzene rings is 1. The molecule has 3 aromatic rings. The van der Waals surface area contributed by atoms with Gasteiger partial charge in [-0.3, -0.25) is 10.1 Å². The molecular formula is C15H15N5O3S. The number of rotatable bonds is 5. The Hall–Kier alpha value is -2.68. The van der Waals surface area contributed by atoms with Crippen molar-refractivity contribution in [3.8, 4) is 11.5 Å². The van der Waals surface area contributed by atoms with E-state index in [4.69, 9.17) is 8.94 Å². The van der Waals surface area contributed by atoms with Crippen molar-refractivity contribution in [3.05, 3.63) is 35.2 Å². The first kappa shape index (κ1) is 16.2. The number of carbonyl (C=O) groups is 1. The van der Waals surface area contributed by atoms with Crippen LogP contribution in [0.5, 0.6) is 0 Å². The van der Waals surface area contributed by atoms with Crippen molar-refractivity contribution >= 4 is 23.7 Å². The van der Waals surface area contributed by atoms with Gasteiger partial charge in [0.1, 0.15) is 0 Å². The van der Waals surface area contributed by atoms with Crippen molar-refractivity contribution in [1.82, 2.24) is 20.3 Å². The number of nitrogens with one attached hydrogen (secondary N) is 1. The van der Waals surface area contributed by atoms with Crippen LogP contribution in [0.2, 0.25) is 0 Å². The predicted octanol–water partition coefficient (Wildman–Crippen LogP) is 2.78. The monoisotopic (exact) mass is 345 g/mol. The molecule has 0 fully saturated rings. The van der Waals surface area contributed by atoms with Crippen molar-refractivity contribution < 1.29 is 13.7 Å². The first-order chi connectivity index (χ1) is 11.5. The zero-order chi connectivity index (χ0) is 17.1. The van der Waals surface area contributed by atoms with E-state index in [1.165, 1.54) is 0 Å². The van der Waals surface area contributed by atoms with Crippen LogP contribution in [0.4, 0.5) is 6.01 Å². The quantitative estimate of drug-likeness (QED) is 0.703. The zero-order valence-electron chi connectivity index (χ0n) is 13.4. The summed E-state index contributed by atoms with van der Waals surface area (Å²) in [6.45, 7) is 5.68. The Morgan fingerprint density at radius 1 is 1.17 bits per heavy atom. The Kier molecular flexibility index (Phi) is 4.61. The normalized spacial score (nSPS) is 10.8. The molecule has 124 valence electrons. The van der Waals surface area contributed by atoms with Crippen LogP contribution in [-0.4, -0.2) is 32.0 Å². The van der Waals surface area contributed by atoms with Gasteiger partial charge in [-0.15, -0.1) is 10.2 Å². The van der Waals surface area contributed by atoms with Crippen LogP contribution in [0, 0.1) is 20.8 Å². The molecule has 0 aliphatic rings. The van der Waals surface area contributed by atoms with Crippen LogP contribution in [-0.2, 0) is 4.79 Å². The van der Waals surface area contributed by atoms with Gasteiger partial charge >= 0.3 is 6.01 Å². The smallest absolute Gasteiger partial charge is 0.328 e. The summed E-state index contributed by atoms with van der Waals surface area (Å²) in [5, 5.41) is 14.4. The van der Waals surface area contributed by atoms with Crippen molar-refractivity contribution in [2.24, 2.45) is 0 Å².